The maximum absolute atomic E-state index is 11.0. The molecule has 0 unspecified atom stereocenters. The van der Waals surface area contributed by atoms with E-state index >= 15 is 0 Å². The van der Waals surface area contributed by atoms with E-state index in [2.05, 4.69) is 10.1 Å². The van der Waals surface area contributed by atoms with Crippen molar-refractivity contribution in [2.45, 2.75) is 32.9 Å². The predicted octanol–water partition coefficient (Wildman–Crippen LogP) is -4.45. The number of rotatable bonds is 6. The molecule has 0 bridgehead atoms. The number of carbonyl (C=O) groups excluding carboxylic acids is 2. The molecule has 0 radical (unpaired) electrons. The molecule has 0 aromatic carbocycles. The van der Waals surface area contributed by atoms with E-state index in [1.165, 1.54) is 13.8 Å². The number of carboxylic acids is 1. The molecule has 7 heteroatoms. The Bertz CT molecular complexity index is 290. The van der Waals surface area contributed by atoms with Gasteiger partial charge >= 0.3 is 57.4 Å². The maximum Gasteiger partial charge on any atom is 1.00 e. The number of hydrogen-bond donors (Lipinski definition) is 2. The van der Waals surface area contributed by atoms with E-state index in [1.54, 1.807) is 6.92 Å². The number of nitrogens with one attached hydrogen (secondary N) is 1. The first-order valence-electron chi connectivity index (χ1n) is 4.89. The Morgan fingerprint density at radius 2 is 2.06 bits per heavy atom. The second-order valence-electron chi connectivity index (χ2n) is 3.26. The second kappa shape index (κ2) is 10.0. The van der Waals surface area contributed by atoms with E-state index in [-0.39, 0.29) is 63.7 Å². The molecule has 0 spiro atoms. The topological polar surface area (TPSA) is 98.7 Å². The van der Waals surface area contributed by atoms with Crippen molar-refractivity contribution in [3.8, 4) is 0 Å². The van der Waals surface area contributed by atoms with Gasteiger partial charge < -0.3 is 25.1 Å². The van der Waals surface area contributed by atoms with Gasteiger partial charge in [-0.15, -0.1) is 0 Å². The summed E-state index contributed by atoms with van der Waals surface area (Å²) in [7, 11) is 0. The summed E-state index contributed by atoms with van der Waals surface area (Å²) in [6.45, 7) is 4.71. The standard InChI is InChI=1S/C10H17NO5.K/c1-4-16-8(13)5-6(2)11-9(7(3)12)10(14)15;/h5,7,9,11-12H,4H2,1-3H3,(H,14,15);/q;+1/p-1/t7-,9+;/m1./s1. The first kappa shape index (κ1) is 19.4. The van der Waals surface area contributed by atoms with Crippen molar-refractivity contribution in [1.29, 1.82) is 0 Å². The summed E-state index contributed by atoms with van der Waals surface area (Å²) in [6.07, 6.45) is -0.0162. The Kier molecular flexibility index (Phi) is 11.5. The molecule has 0 aliphatic rings. The minimum absolute atomic E-state index is 0. The van der Waals surface area contributed by atoms with Crippen LogP contribution in [0.2, 0.25) is 0 Å². The zero-order valence-corrected chi connectivity index (χ0v) is 13.6. The summed E-state index contributed by atoms with van der Waals surface area (Å²) in [4.78, 5) is 21.6. The van der Waals surface area contributed by atoms with Crippen LogP contribution in [-0.2, 0) is 14.3 Å². The van der Waals surface area contributed by atoms with Crippen LogP contribution in [0, 0.1) is 0 Å². The van der Waals surface area contributed by atoms with Gasteiger partial charge in [-0.3, -0.25) is 0 Å². The third kappa shape index (κ3) is 8.75. The zero-order valence-electron chi connectivity index (χ0n) is 10.5. The summed E-state index contributed by atoms with van der Waals surface area (Å²) < 4.78 is 4.63. The third-order valence-electron chi connectivity index (χ3n) is 1.74. The molecule has 0 rings (SSSR count). The van der Waals surface area contributed by atoms with Gasteiger partial charge in [0.05, 0.1) is 24.7 Å². The summed E-state index contributed by atoms with van der Waals surface area (Å²) in [5, 5.41) is 22.2. The quantitative estimate of drug-likeness (QED) is 0.287. The fourth-order valence-corrected chi connectivity index (χ4v) is 1.02. The number of aliphatic carboxylic acids is 1. The SMILES string of the molecule is CCOC(=O)C=C(C)N[C@H](C(=O)[O-])[C@@H](C)O.[K+]. The number of aliphatic hydroxyl groups is 1. The van der Waals surface area contributed by atoms with Crippen molar-refractivity contribution >= 4 is 11.9 Å². The number of allylic oxidation sites excluding steroid dienone is 1. The molecule has 0 aromatic rings. The van der Waals surface area contributed by atoms with Gasteiger partial charge in [-0.05, 0) is 20.8 Å². The van der Waals surface area contributed by atoms with Crippen molar-refractivity contribution in [3.63, 3.8) is 0 Å². The first-order valence-corrected chi connectivity index (χ1v) is 4.89. The molecular formula is C10H16KNO5. The van der Waals surface area contributed by atoms with E-state index in [0.717, 1.165) is 6.08 Å². The van der Waals surface area contributed by atoms with E-state index < -0.39 is 24.1 Å². The summed E-state index contributed by atoms with van der Waals surface area (Å²) in [6, 6.07) is -1.26. The fraction of sp³-hybridized carbons (Fsp3) is 0.600. The molecular weight excluding hydrogens is 253 g/mol. The van der Waals surface area contributed by atoms with Gasteiger partial charge in [-0.25, -0.2) is 4.79 Å². The summed E-state index contributed by atoms with van der Waals surface area (Å²) in [5.41, 5.74) is 0.286. The summed E-state index contributed by atoms with van der Waals surface area (Å²) in [5.74, 6) is -2.01. The van der Waals surface area contributed by atoms with Crippen LogP contribution in [0.15, 0.2) is 11.8 Å². The molecule has 2 atom stereocenters. The zero-order chi connectivity index (χ0) is 12.7. The molecule has 92 valence electrons. The van der Waals surface area contributed by atoms with Crippen LogP contribution in [0.1, 0.15) is 20.8 Å². The van der Waals surface area contributed by atoms with Gasteiger partial charge in [0.15, 0.2) is 0 Å². The van der Waals surface area contributed by atoms with Crippen LogP contribution < -0.4 is 61.8 Å². The largest absolute Gasteiger partial charge is 1.00 e. The maximum atomic E-state index is 11.0. The molecule has 0 saturated carbocycles. The number of carboxylic acid groups (broad SMARTS) is 1. The van der Waals surface area contributed by atoms with Crippen molar-refractivity contribution in [3.05, 3.63) is 11.8 Å². The minimum atomic E-state index is -1.44. The van der Waals surface area contributed by atoms with Gasteiger partial charge in [0, 0.05) is 11.8 Å². The fourth-order valence-electron chi connectivity index (χ4n) is 1.02. The average Bonchev–Trinajstić information content (AvgIpc) is 2.13. The van der Waals surface area contributed by atoms with E-state index in [1.807, 2.05) is 0 Å². The molecule has 0 aliphatic heterocycles. The Hall–Kier alpha value is 0.0764. The number of carbonyl (C=O) groups is 2. The number of hydrogen-bond acceptors (Lipinski definition) is 6. The smallest absolute Gasteiger partial charge is 0.548 e. The van der Waals surface area contributed by atoms with Crippen LogP contribution in [0.5, 0.6) is 0 Å². The number of ether oxygens (including phenoxy) is 1. The number of aliphatic hydroxyl groups excluding tert-OH is 1. The Morgan fingerprint density at radius 1 is 1.53 bits per heavy atom. The van der Waals surface area contributed by atoms with Gasteiger partial charge in [-0.2, -0.15) is 0 Å². The van der Waals surface area contributed by atoms with Crippen molar-refractivity contribution in [2.75, 3.05) is 6.61 Å². The van der Waals surface area contributed by atoms with Gasteiger partial charge in [0.25, 0.3) is 0 Å². The van der Waals surface area contributed by atoms with E-state index in [0.29, 0.717) is 0 Å². The normalized spacial score (nSPS) is 14.2. The van der Waals surface area contributed by atoms with Crippen LogP contribution in [0.3, 0.4) is 0 Å². The molecule has 0 saturated heterocycles. The molecule has 2 N–H and O–H groups in total. The van der Waals surface area contributed by atoms with Crippen molar-refractivity contribution < 1.29 is 75.9 Å². The Labute approximate surface area is 143 Å². The molecule has 17 heavy (non-hydrogen) atoms. The number of esters is 1. The molecule has 0 aliphatic carbocycles. The average molecular weight is 269 g/mol. The Balaban J connectivity index is 0. The van der Waals surface area contributed by atoms with E-state index in [4.69, 9.17) is 5.11 Å². The molecule has 0 heterocycles. The Morgan fingerprint density at radius 3 is 2.41 bits per heavy atom. The first-order chi connectivity index (χ1) is 7.38. The third-order valence-corrected chi connectivity index (χ3v) is 1.74. The van der Waals surface area contributed by atoms with Crippen LogP contribution in [-0.4, -0.2) is 35.8 Å². The molecule has 0 aromatic heterocycles. The van der Waals surface area contributed by atoms with Crippen molar-refractivity contribution in [1.82, 2.24) is 5.32 Å². The van der Waals surface area contributed by atoms with Gasteiger partial charge in [-0.1, -0.05) is 0 Å². The van der Waals surface area contributed by atoms with Gasteiger partial charge in [0.1, 0.15) is 0 Å². The monoisotopic (exact) mass is 269 g/mol. The van der Waals surface area contributed by atoms with Crippen molar-refractivity contribution in [2.24, 2.45) is 0 Å². The molecule has 0 fully saturated rings. The molecule has 6 nitrogen and oxygen atoms in total. The van der Waals surface area contributed by atoms with E-state index in [9.17, 15) is 14.7 Å². The van der Waals surface area contributed by atoms with Gasteiger partial charge in [0.2, 0.25) is 0 Å². The molecule has 0 amide bonds. The van der Waals surface area contributed by atoms with Crippen LogP contribution in [0.25, 0.3) is 0 Å². The summed E-state index contributed by atoms with van der Waals surface area (Å²) >= 11 is 0. The predicted molar refractivity (Wildman–Crippen MR) is 54.0 cm³/mol. The van der Waals surface area contributed by atoms with Crippen LogP contribution in [0.4, 0.5) is 0 Å². The minimum Gasteiger partial charge on any atom is -0.548 e. The second-order valence-corrected chi connectivity index (χ2v) is 3.26. The van der Waals surface area contributed by atoms with Crippen LogP contribution >= 0.6 is 0 Å².